The Kier molecular flexibility index (Phi) is 6.24. The summed E-state index contributed by atoms with van der Waals surface area (Å²) >= 11 is 1.44. The van der Waals surface area contributed by atoms with E-state index in [9.17, 15) is 4.79 Å². The van der Waals surface area contributed by atoms with Crippen molar-refractivity contribution in [1.82, 2.24) is 10.6 Å². The molecule has 5 nitrogen and oxygen atoms in total. The fraction of sp³-hybridized carbons (Fsp3) is 0.312. The van der Waals surface area contributed by atoms with E-state index in [1.165, 1.54) is 11.3 Å². The molecule has 2 aromatic rings. The molecule has 0 radical (unpaired) electrons. The van der Waals surface area contributed by atoms with Gasteiger partial charge in [-0.15, -0.1) is 11.3 Å². The molecule has 22 heavy (non-hydrogen) atoms. The fourth-order valence-corrected chi connectivity index (χ4v) is 2.64. The number of hydrogen-bond acceptors (Lipinski definition) is 5. The van der Waals surface area contributed by atoms with Crippen LogP contribution in [0.3, 0.4) is 0 Å². The third kappa shape index (κ3) is 4.47. The van der Waals surface area contributed by atoms with Crippen LogP contribution in [0.15, 0.2) is 35.7 Å². The number of amides is 1. The molecule has 0 spiro atoms. The molecule has 0 saturated heterocycles. The topological polar surface area (TPSA) is 59.6 Å². The Labute approximate surface area is 134 Å². The second-order valence-electron chi connectivity index (χ2n) is 4.59. The van der Waals surface area contributed by atoms with E-state index in [1.807, 2.05) is 35.7 Å². The number of methoxy groups -OCH3 is 2. The van der Waals surface area contributed by atoms with Gasteiger partial charge in [0.05, 0.1) is 19.1 Å². The summed E-state index contributed by atoms with van der Waals surface area (Å²) in [4.78, 5) is 12.5. The van der Waals surface area contributed by atoms with Crippen molar-refractivity contribution < 1.29 is 14.3 Å². The van der Waals surface area contributed by atoms with E-state index in [-0.39, 0.29) is 5.91 Å². The molecule has 0 bridgehead atoms. The quantitative estimate of drug-likeness (QED) is 0.733. The van der Waals surface area contributed by atoms with Gasteiger partial charge in [-0.25, -0.2) is 0 Å². The summed E-state index contributed by atoms with van der Waals surface area (Å²) in [5.41, 5.74) is 1.02. The van der Waals surface area contributed by atoms with Gasteiger partial charge in [-0.05, 0) is 29.6 Å². The number of rotatable bonds is 8. The van der Waals surface area contributed by atoms with E-state index in [0.717, 1.165) is 21.9 Å². The van der Waals surface area contributed by atoms with E-state index in [4.69, 9.17) is 9.47 Å². The highest BCUT2D eigenvalue weighted by atomic mass is 32.1. The Hall–Kier alpha value is -2.05. The van der Waals surface area contributed by atoms with Gasteiger partial charge in [0.1, 0.15) is 11.5 Å². The van der Waals surface area contributed by atoms with Gasteiger partial charge in [0.25, 0.3) is 5.91 Å². The lowest BCUT2D eigenvalue weighted by molar-refractivity contribution is 0.0958. The highest BCUT2D eigenvalue weighted by molar-refractivity contribution is 7.12. The van der Waals surface area contributed by atoms with Crippen molar-refractivity contribution in [3.63, 3.8) is 0 Å². The average Bonchev–Trinajstić information content (AvgIpc) is 3.08. The monoisotopic (exact) mass is 320 g/mol. The van der Waals surface area contributed by atoms with E-state index < -0.39 is 0 Å². The minimum absolute atomic E-state index is 0.0317. The average molecular weight is 320 g/mol. The van der Waals surface area contributed by atoms with Crippen LogP contribution in [-0.2, 0) is 6.54 Å². The zero-order chi connectivity index (χ0) is 15.8. The van der Waals surface area contributed by atoms with E-state index >= 15 is 0 Å². The van der Waals surface area contributed by atoms with Crippen LogP contribution >= 0.6 is 11.3 Å². The summed E-state index contributed by atoms with van der Waals surface area (Å²) < 4.78 is 10.5. The molecule has 0 saturated carbocycles. The van der Waals surface area contributed by atoms with Gasteiger partial charge < -0.3 is 20.1 Å². The molecule has 0 fully saturated rings. The van der Waals surface area contributed by atoms with Crippen molar-refractivity contribution >= 4 is 17.2 Å². The molecule has 0 unspecified atom stereocenters. The molecule has 1 aromatic heterocycles. The number of nitrogens with one attached hydrogen (secondary N) is 2. The fourth-order valence-electron chi connectivity index (χ4n) is 2.00. The molecule has 0 aliphatic rings. The first kappa shape index (κ1) is 16.3. The van der Waals surface area contributed by atoms with Crippen LogP contribution in [0.25, 0.3) is 0 Å². The molecule has 118 valence electrons. The van der Waals surface area contributed by atoms with Gasteiger partial charge >= 0.3 is 0 Å². The Morgan fingerprint density at radius 2 is 2.05 bits per heavy atom. The first-order valence-electron chi connectivity index (χ1n) is 6.98. The van der Waals surface area contributed by atoms with Crippen molar-refractivity contribution in [1.29, 1.82) is 0 Å². The lowest BCUT2D eigenvalue weighted by Gasteiger charge is -2.11. The summed E-state index contributed by atoms with van der Waals surface area (Å²) in [5.74, 6) is 1.58. The van der Waals surface area contributed by atoms with Gasteiger partial charge in [0, 0.05) is 25.2 Å². The van der Waals surface area contributed by atoms with Crippen LogP contribution in [0.1, 0.15) is 15.2 Å². The Bertz CT molecular complexity index is 599. The standard InChI is InChI=1S/C16H20N2O3S/c1-20-13-5-6-14(21-2)12(10-13)11-17-7-8-18-16(19)15-4-3-9-22-15/h3-6,9-10,17H,7-8,11H2,1-2H3,(H,18,19). The summed E-state index contributed by atoms with van der Waals surface area (Å²) in [7, 11) is 3.28. The second-order valence-corrected chi connectivity index (χ2v) is 5.54. The van der Waals surface area contributed by atoms with Crippen LogP contribution in [0.4, 0.5) is 0 Å². The van der Waals surface area contributed by atoms with Gasteiger partial charge in [-0.1, -0.05) is 6.07 Å². The van der Waals surface area contributed by atoms with E-state index in [1.54, 1.807) is 14.2 Å². The number of carbonyl (C=O) groups excluding carboxylic acids is 1. The molecule has 1 amide bonds. The van der Waals surface area contributed by atoms with Crippen LogP contribution in [0.2, 0.25) is 0 Å². The molecular weight excluding hydrogens is 300 g/mol. The summed E-state index contributed by atoms with van der Waals surface area (Å²) in [6.07, 6.45) is 0. The predicted octanol–water partition coefficient (Wildman–Crippen LogP) is 2.28. The predicted molar refractivity (Wildman–Crippen MR) is 87.9 cm³/mol. The van der Waals surface area contributed by atoms with E-state index in [0.29, 0.717) is 19.6 Å². The third-order valence-electron chi connectivity index (χ3n) is 3.14. The lowest BCUT2D eigenvalue weighted by atomic mass is 10.2. The third-order valence-corrected chi connectivity index (χ3v) is 4.00. The molecule has 0 aliphatic heterocycles. The second kappa shape index (κ2) is 8.41. The van der Waals surface area contributed by atoms with Gasteiger partial charge in [-0.3, -0.25) is 4.79 Å². The zero-order valence-corrected chi connectivity index (χ0v) is 13.5. The van der Waals surface area contributed by atoms with Gasteiger partial charge in [0.2, 0.25) is 0 Å². The van der Waals surface area contributed by atoms with Crippen LogP contribution < -0.4 is 20.1 Å². The van der Waals surface area contributed by atoms with Crippen molar-refractivity contribution in [2.45, 2.75) is 6.54 Å². The Morgan fingerprint density at radius 1 is 1.18 bits per heavy atom. The number of hydrogen-bond donors (Lipinski definition) is 2. The number of carbonyl (C=O) groups is 1. The Morgan fingerprint density at radius 3 is 2.73 bits per heavy atom. The van der Waals surface area contributed by atoms with Gasteiger partial charge in [-0.2, -0.15) is 0 Å². The first-order chi connectivity index (χ1) is 10.7. The first-order valence-corrected chi connectivity index (χ1v) is 7.86. The largest absolute Gasteiger partial charge is 0.497 e. The van der Waals surface area contributed by atoms with Crippen LogP contribution in [0, 0.1) is 0 Å². The molecule has 0 aliphatic carbocycles. The van der Waals surface area contributed by atoms with E-state index in [2.05, 4.69) is 10.6 Å². The lowest BCUT2D eigenvalue weighted by Crippen LogP contribution is -2.31. The molecular formula is C16H20N2O3S. The number of thiophene rings is 1. The summed E-state index contributed by atoms with van der Waals surface area (Å²) in [6, 6.07) is 9.37. The molecule has 1 aromatic carbocycles. The zero-order valence-electron chi connectivity index (χ0n) is 12.7. The highest BCUT2D eigenvalue weighted by Crippen LogP contribution is 2.23. The Balaban J connectivity index is 1.75. The SMILES string of the molecule is COc1ccc(OC)c(CNCCNC(=O)c2cccs2)c1. The van der Waals surface area contributed by atoms with Crippen molar-refractivity contribution in [2.75, 3.05) is 27.3 Å². The number of ether oxygens (including phenoxy) is 2. The minimum atomic E-state index is -0.0317. The maximum Gasteiger partial charge on any atom is 0.261 e. The molecule has 2 N–H and O–H groups in total. The van der Waals surface area contributed by atoms with Crippen molar-refractivity contribution in [2.24, 2.45) is 0 Å². The minimum Gasteiger partial charge on any atom is -0.497 e. The van der Waals surface area contributed by atoms with Crippen molar-refractivity contribution in [3.05, 3.63) is 46.2 Å². The maximum atomic E-state index is 11.8. The molecule has 2 rings (SSSR count). The molecule has 6 heteroatoms. The summed E-state index contributed by atoms with van der Waals surface area (Å²) in [5, 5.41) is 8.05. The summed E-state index contributed by atoms with van der Waals surface area (Å²) in [6.45, 7) is 1.90. The van der Waals surface area contributed by atoms with Crippen LogP contribution in [-0.4, -0.2) is 33.2 Å². The number of benzene rings is 1. The highest BCUT2D eigenvalue weighted by Gasteiger charge is 2.06. The van der Waals surface area contributed by atoms with Gasteiger partial charge in [0.15, 0.2) is 0 Å². The van der Waals surface area contributed by atoms with Crippen LogP contribution in [0.5, 0.6) is 11.5 Å². The normalized spacial score (nSPS) is 10.3. The molecule has 1 heterocycles. The smallest absolute Gasteiger partial charge is 0.261 e. The van der Waals surface area contributed by atoms with Crippen molar-refractivity contribution in [3.8, 4) is 11.5 Å². The molecule has 0 atom stereocenters. The maximum absolute atomic E-state index is 11.8.